The van der Waals surface area contributed by atoms with Crippen molar-refractivity contribution in [3.63, 3.8) is 0 Å². The summed E-state index contributed by atoms with van der Waals surface area (Å²) in [5.41, 5.74) is 4.17. The van der Waals surface area contributed by atoms with E-state index in [9.17, 15) is 4.11 Å². The van der Waals surface area contributed by atoms with Crippen LogP contribution in [0.2, 0.25) is 0 Å². The fourth-order valence-corrected chi connectivity index (χ4v) is 8.31. The van der Waals surface area contributed by atoms with Crippen molar-refractivity contribution in [3.05, 3.63) is 176 Å². The van der Waals surface area contributed by atoms with E-state index in [2.05, 4.69) is 24.3 Å². The maximum Gasteiger partial charge on any atom is 0.164 e. The molecule has 0 aliphatic heterocycles. The highest BCUT2D eigenvalue weighted by molar-refractivity contribution is 7.25. The molecule has 0 aliphatic carbocycles. The van der Waals surface area contributed by atoms with Crippen molar-refractivity contribution in [1.29, 1.82) is 0 Å². The molecule has 0 bridgehead atoms. The second kappa shape index (κ2) is 12.3. The molecule has 0 spiro atoms. The van der Waals surface area contributed by atoms with Crippen LogP contribution in [-0.2, 0) is 0 Å². The lowest BCUT2D eigenvalue weighted by molar-refractivity contribution is 0.670. The predicted octanol–water partition coefficient (Wildman–Crippen LogP) is 13.6. The molecule has 0 saturated heterocycles. The van der Waals surface area contributed by atoms with Gasteiger partial charge in [-0.1, -0.05) is 133 Å². The number of hydrogen-bond acceptors (Lipinski definition) is 5. The molecule has 5 heteroatoms. The first kappa shape index (κ1) is 25.1. The van der Waals surface area contributed by atoms with Gasteiger partial charge in [0, 0.05) is 53.2 Å². The van der Waals surface area contributed by atoms with E-state index in [0.29, 0.717) is 44.2 Å². The summed E-state index contributed by atoms with van der Waals surface area (Å²) in [5, 5.41) is 5.35. The highest BCUT2D eigenvalue weighted by Gasteiger charge is 2.21. The summed E-state index contributed by atoms with van der Waals surface area (Å²) < 4.78 is 64.0. The van der Waals surface area contributed by atoms with Crippen LogP contribution in [0.15, 0.2) is 180 Å². The zero-order chi connectivity index (χ0) is 40.8. The first-order valence-electron chi connectivity index (χ1n) is 20.5. The molecule has 0 fully saturated rings. The van der Waals surface area contributed by atoms with Gasteiger partial charge in [0.15, 0.2) is 17.5 Å². The van der Waals surface area contributed by atoms with Gasteiger partial charge in [0.1, 0.15) is 11.2 Å². The van der Waals surface area contributed by atoms with Crippen molar-refractivity contribution in [1.82, 2.24) is 15.0 Å². The van der Waals surface area contributed by atoms with E-state index in [1.54, 1.807) is 59.9 Å². The molecule has 4 nitrogen and oxygen atoms in total. The highest BCUT2D eigenvalue weighted by Crippen LogP contribution is 2.43. The largest absolute Gasteiger partial charge is 0.455 e. The molecular formula is C49H29N3OS. The molecule has 8 aromatic carbocycles. The third kappa shape index (κ3) is 5.09. The third-order valence-corrected chi connectivity index (χ3v) is 11.0. The lowest BCUT2D eigenvalue weighted by Crippen LogP contribution is -2.00. The number of hydrogen-bond donors (Lipinski definition) is 0. The fraction of sp³-hybridized carbons (Fsp3) is 0. The van der Waals surface area contributed by atoms with E-state index in [-0.39, 0.29) is 64.9 Å². The van der Waals surface area contributed by atoms with Crippen LogP contribution in [-0.4, -0.2) is 15.0 Å². The summed E-state index contributed by atoms with van der Waals surface area (Å²) in [7, 11) is 0. The number of rotatable bonds is 5. The molecule has 0 atom stereocenters. The second-order valence-electron chi connectivity index (χ2n) is 13.1. The van der Waals surface area contributed by atoms with Gasteiger partial charge in [-0.25, -0.2) is 15.0 Å². The van der Waals surface area contributed by atoms with Crippen LogP contribution in [0.3, 0.4) is 0 Å². The Balaban J connectivity index is 1.20. The fourth-order valence-electron chi connectivity index (χ4n) is 7.22. The van der Waals surface area contributed by atoms with Crippen LogP contribution in [0.1, 0.15) is 8.22 Å². The van der Waals surface area contributed by atoms with Crippen molar-refractivity contribution in [2.24, 2.45) is 0 Å². The summed E-state index contributed by atoms with van der Waals surface area (Å²) in [6, 6.07) is 43.4. The zero-order valence-corrected chi connectivity index (χ0v) is 29.3. The minimum atomic E-state index is -0.299. The predicted molar refractivity (Wildman–Crippen MR) is 225 cm³/mol. The molecule has 0 amide bonds. The van der Waals surface area contributed by atoms with Crippen LogP contribution >= 0.6 is 11.3 Å². The van der Waals surface area contributed by atoms with Gasteiger partial charge in [0.25, 0.3) is 0 Å². The standard InChI is InChI=1S/C49H29N3OS/c1-2-10-30(11-3-1)32-18-21-33(22-19-32)47-50-48(36-23-20-31-12-4-5-13-34(31)28-36)52-49(51-47)40-26-25-37(46-45(40)39-15-6-8-16-42(39)53-46)35-24-27-44-41(29-35)38-14-7-9-17-43(38)54-44/h1-29H/i6D,18D,19D,21D,22D,26D. The van der Waals surface area contributed by atoms with E-state index >= 15 is 0 Å². The average Bonchev–Trinajstić information content (AvgIpc) is 3.83. The van der Waals surface area contributed by atoms with Crippen molar-refractivity contribution >= 4 is 64.2 Å². The molecule has 0 aliphatic rings. The normalized spacial score (nSPS) is 13.3. The first-order chi connectivity index (χ1) is 29.2. The Kier molecular flexibility index (Phi) is 5.73. The number of furan rings is 1. The van der Waals surface area contributed by atoms with Crippen molar-refractivity contribution in [3.8, 4) is 56.4 Å². The van der Waals surface area contributed by atoms with E-state index < -0.39 is 0 Å². The number of para-hydroxylation sites is 1. The molecule has 252 valence electrons. The van der Waals surface area contributed by atoms with Crippen molar-refractivity contribution in [2.75, 3.05) is 0 Å². The summed E-state index contributed by atoms with van der Waals surface area (Å²) in [4.78, 5) is 14.8. The number of thiophene rings is 1. The molecule has 3 aromatic heterocycles. The number of aromatic nitrogens is 3. The highest BCUT2D eigenvalue weighted by atomic mass is 32.1. The SMILES string of the molecule is [2H]c1ccc2oc3c(-c4ccc5sc6ccccc6c5c4)cc([2H])c(-c4nc(-c5ccc6ccccc6c5)nc(-c5c([2H])c([2H])c(-c6ccccc6)c([2H])c5[2H])n4)c3c2c1. The van der Waals surface area contributed by atoms with E-state index in [4.69, 9.17) is 23.5 Å². The van der Waals surface area contributed by atoms with Gasteiger partial charge in [-0.05, 0) is 69.9 Å². The van der Waals surface area contributed by atoms with Gasteiger partial charge in [0.05, 0.1) is 8.22 Å². The summed E-state index contributed by atoms with van der Waals surface area (Å²) in [6.07, 6.45) is 0. The maximum absolute atomic E-state index is 9.73. The van der Waals surface area contributed by atoms with E-state index in [0.717, 1.165) is 31.8 Å². The molecule has 0 N–H and O–H groups in total. The average molecular weight is 714 g/mol. The monoisotopic (exact) mass is 713 g/mol. The zero-order valence-electron chi connectivity index (χ0n) is 34.4. The summed E-state index contributed by atoms with van der Waals surface area (Å²) in [5.74, 6) is 0.247. The molecule has 0 radical (unpaired) electrons. The Morgan fingerprint density at radius 2 is 1.17 bits per heavy atom. The summed E-state index contributed by atoms with van der Waals surface area (Å²) >= 11 is 1.73. The van der Waals surface area contributed by atoms with Gasteiger partial charge in [-0.15, -0.1) is 11.3 Å². The third-order valence-electron chi connectivity index (χ3n) is 9.85. The van der Waals surface area contributed by atoms with Crippen LogP contribution in [0, 0.1) is 0 Å². The minimum Gasteiger partial charge on any atom is -0.455 e. The second-order valence-corrected chi connectivity index (χ2v) is 14.2. The minimum absolute atomic E-state index is 0.0693. The molecule has 11 rings (SSSR count). The van der Waals surface area contributed by atoms with Gasteiger partial charge in [-0.3, -0.25) is 0 Å². The Hall–Kier alpha value is -6.95. The Labute approximate surface area is 323 Å². The van der Waals surface area contributed by atoms with Crippen molar-refractivity contribution < 1.29 is 12.6 Å². The Bertz CT molecular complexity index is 3560. The maximum atomic E-state index is 9.73. The van der Waals surface area contributed by atoms with Crippen LogP contribution in [0.4, 0.5) is 0 Å². The molecule has 3 heterocycles. The Morgan fingerprint density at radius 1 is 0.444 bits per heavy atom. The first-order valence-corrected chi connectivity index (χ1v) is 18.3. The van der Waals surface area contributed by atoms with Crippen LogP contribution in [0.5, 0.6) is 0 Å². The summed E-state index contributed by atoms with van der Waals surface area (Å²) in [6.45, 7) is 0. The van der Waals surface area contributed by atoms with E-state index in [1.807, 2.05) is 66.7 Å². The van der Waals surface area contributed by atoms with Gasteiger partial charge < -0.3 is 4.42 Å². The molecule has 0 saturated carbocycles. The van der Waals surface area contributed by atoms with Crippen LogP contribution < -0.4 is 0 Å². The lowest BCUT2D eigenvalue weighted by atomic mass is 9.97. The molecule has 0 unspecified atom stereocenters. The molecule has 11 aromatic rings. The van der Waals surface area contributed by atoms with Gasteiger partial charge in [-0.2, -0.15) is 0 Å². The molecular weight excluding hydrogens is 679 g/mol. The van der Waals surface area contributed by atoms with Gasteiger partial charge >= 0.3 is 0 Å². The smallest absolute Gasteiger partial charge is 0.164 e. The number of nitrogens with zero attached hydrogens (tertiary/aromatic N) is 3. The number of benzene rings is 8. The topological polar surface area (TPSA) is 51.8 Å². The van der Waals surface area contributed by atoms with E-state index in [1.165, 1.54) is 4.70 Å². The van der Waals surface area contributed by atoms with Crippen molar-refractivity contribution in [2.45, 2.75) is 0 Å². The van der Waals surface area contributed by atoms with Crippen LogP contribution in [0.25, 0.3) is 109 Å². The Morgan fingerprint density at radius 3 is 2.06 bits per heavy atom. The molecule has 54 heavy (non-hydrogen) atoms. The number of fused-ring (bicyclic) bond motifs is 7. The lowest BCUT2D eigenvalue weighted by Gasteiger charge is -2.12. The van der Waals surface area contributed by atoms with Gasteiger partial charge in [0.2, 0.25) is 0 Å². The quantitative estimate of drug-likeness (QED) is 0.178.